The highest BCUT2D eigenvalue weighted by Crippen LogP contribution is 2.17. The van der Waals surface area contributed by atoms with Crippen LogP contribution in [-0.2, 0) is 4.74 Å². The molecule has 1 N–H and O–H groups in total. The molecule has 5 heteroatoms. The second-order valence-electron chi connectivity index (χ2n) is 3.74. The van der Waals surface area contributed by atoms with Crippen molar-refractivity contribution in [3.8, 4) is 0 Å². The molecule has 0 aliphatic carbocycles. The standard InChI is InChI=1S/C11H14N2O3/c1-8(14)9-2-3-10(15)12-11(9)13-4-6-16-7-5-13/h2-3H,4-7H2,1H3,(H,12,15). The Morgan fingerprint density at radius 2 is 2.06 bits per heavy atom. The number of aromatic amines is 1. The van der Waals surface area contributed by atoms with E-state index in [2.05, 4.69) is 4.98 Å². The predicted octanol–water partition coefficient (Wildman–Crippen LogP) is 0.414. The van der Waals surface area contributed by atoms with Gasteiger partial charge in [0.1, 0.15) is 5.82 Å². The number of morpholine rings is 1. The van der Waals surface area contributed by atoms with Crippen LogP contribution in [0.1, 0.15) is 17.3 Å². The number of hydrogen-bond acceptors (Lipinski definition) is 4. The van der Waals surface area contributed by atoms with Crippen LogP contribution in [0.2, 0.25) is 0 Å². The molecule has 0 aromatic carbocycles. The van der Waals surface area contributed by atoms with Gasteiger partial charge >= 0.3 is 0 Å². The Morgan fingerprint density at radius 1 is 1.38 bits per heavy atom. The van der Waals surface area contributed by atoms with Gasteiger partial charge < -0.3 is 14.6 Å². The molecule has 1 aromatic rings. The topological polar surface area (TPSA) is 62.4 Å². The molecule has 86 valence electrons. The van der Waals surface area contributed by atoms with Gasteiger partial charge in [0.15, 0.2) is 5.78 Å². The largest absolute Gasteiger partial charge is 0.378 e. The van der Waals surface area contributed by atoms with Crippen molar-refractivity contribution in [2.75, 3.05) is 31.2 Å². The predicted molar refractivity (Wildman–Crippen MR) is 60.1 cm³/mol. The highest BCUT2D eigenvalue weighted by molar-refractivity contribution is 5.98. The van der Waals surface area contributed by atoms with E-state index in [1.807, 2.05) is 4.90 Å². The van der Waals surface area contributed by atoms with E-state index in [9.17, 15) is 9.59 Å². The monoisotopic (exact) mass is 222 g/mol. The molecule has 0 spiro atoms. The lowest BCUT2D eigenvalue weighted by Crippen LogP contribution is -2.38. The van der Waals surface area contributed by atoms with E-state index in [1.54, 1.807) is 6.07 Å². The van der Waals surface area contributed by atoms with Crippen LogP contribution in [0.3, 0.4) is 0 Å². The summed E-state index contributed by atoms with van der Waals surface area (Å²) in [5.41, 5.74) is 0.369. The van der Waals surface area contributed by atoms with E-state index >= 15 is 0 Å². The van der Waals surface area contributed by atoms with Gasteiger partial charge in [-0.15, -0.1) is 0 Å². The van der Waals surface area contributed by atoms with Crippen LogP contribution in [0.25, 0.3) is 0 Å². The summed E-state index contributed by atoms with van der Waals surface area (Å²) in [6.07, 6.45) is 0. The second-order valence-corrected chi connectivity index (χ2v) is 3.74. The maximum Gasteiger partial charge on any atom is 0.249 e. The maximum absolute atomic E-state index is 11.4. The lowest BCUT2D eigenvalue weighted by molar-refractivity contribution is 0.101. The molecule has 1 aliphatic heterocycles. The van der Waals surface area contributed by atoms with Crippen LogP contribution >= 0.6 is 0 Å². The molecule has 0 radical (unpaired) electrons. The van der Waals surface area contributed by atoms with Gasteiger partial charge in [0, 0.05) is 19.2 Å². The fourth-order valence-corrected chi connectivity index (χ4v) is 1.78. The molecular formula is C11H14N2O3. The Hall–Kier alpha value is -1.62. The Balaban J connectivity index is 2.40. The zero-order valence-corrected chi connectivity index (χ0v) is 9.16. The van der Waals surface area contributed by atoms with Crippen molar-refractivity contribution in [2.45, 2.75) is 6.92 Å². The molecule has 0 atom stereocenters. The lowest BCUT2D eigenvalue weighted by atomic mass is 10.1. The van der Waals surface area contributed by atoms with Crippen molar-refractivity contribution < 1.29 is 9.53 Å². The summed E-state index contributed by atoms with van der Waals surface area (Å²) >= 11 is 0. The zero-order chi connectivity index (χ0) is 11.5. The number of anilines is 1. The van der Waals surface area contributed by atoms with Crippen LogP contribution in [0.15, 0.2) is 16.9 Å². The average molecular weight is 222 g/mol. The van der Waals surface area contributed by atoms with E-state index < -0.39 is 0 Å². The average Bonchev–Trinajstić information content (AvgIpc) is 2.29. The third-order valence-corrected chi connectivity index (χ3v) is 2.60. The summed E-state index contributed by atoms with van der Waals surface area (Å²) in [7, 11) is 0. The van der Waals surface area contributed by atoms with E-state index in [0.717, 1.165) is 0 Å². The van der Waals surface area contributed by atoms with Gasteiger partial charge in [-0.25, -0.2) is 0 Å². The summed E-state index contributed by atoms with van der Waals surface area (Å²) in [6.45, 7) is 4.13. The van der Waals surface area contributed by atoms with Gasteiger partial charge in [-0.2, -0.15) is 0 Å². The minimum Gasteiger partial charge on any atom is -0.378 e. The van der Waals surface area contributed by atoms with Crippen molar-refractivity contribution in [3.05, 3.63) is 28.0 Å². The smallest absolute Gasteiger partial charge is 0.249 e. The lowest BCUT2D eigenvalue weighted by Gasteiger charge is -2.29. The number of nitrogens with one attached hydrogen (secondary N) is 1. The minimum absolute atomic E-state index is 0.0438. The first-order valence-corrected chi connectivity index (χ1v) is 5.25. The van der Waals surface area contributed by atoms with Crippen molar-refractivity contribution in [3.63, 3.8) is 0 Å². The highest BCUT2D eigenvalue weighted by Gasteiger charge is 2.17. The quantitative estimate of drug-likeness (QED) is 0.736. The Kier molecular flexibility index (Phi) is 3.05. The first kappa shape index (κ1) is 10.9. The minimum atomic E-state index is -0.188. The number of aromatic nitrogens is 1. The second kappa shape index (κ2) is 4.49. The molecule has 0 unspecified atom stereocenters. The number of hydrogen-bond donors (Lipinski definition) is 1. The summed E-state index contributed by atoms with van der Waals surface area (Å²) in [5.74, 6) is 0.570. The summed E-state index contributed by atoms with van der Waals surface area (Å²) < 4.78 is 5.23. The number of ether oxygens (including phenoxy) is 1. The van der Waals surface area contributed by atoms with Gasteiger partial charge in [-0.3, -0.25) is 9.59 Å². The van der Waals surface area contributed by atoms with E-state index in [1.165, 1.54) is 13.0 Å². The van der Waals surface area contributed by atoms with Crippen molar-refractivity contribution >= 4 is 11.6 Å². The van der Waals surface area contributed by atoms with Crippen molar-refractivity contribution in [1.82, 2.24) is 4.98 Å². The molecule has 2 heterocycles. The number of ketones is 1. The molecule has 1 aliphatic rings. The van der Waals surface area contributed by atoms with E-state index in [4.69, 9.17) is 4.74 Å². The normalized spacial score (nSPS) is 16.2. The molecule has 2 rings (SSSR count). The number of Topliss-reactive ketones (excluding diaryl/α,β-unsaturated/α-hetero) is 1. The van der Waals surface area contributed by atoms with Crippen molar-refractivity contribution in [1.29, 1.82) is 0 Å². The van der Waals surface area contributed by atoms with Crippen LogP contribution in [0.4, 0.5) is 5.82 Å². The summed E-state index contributed by atoms with van der Waals surface area (Å²) in [4.78, 5) is 27.4. The number of rotatable bonds is 2. The summed E-state index contributed by atoms with van der Waals surface area (Å²) in [5, 5.41) is 0. The number of pyridine rings is 1. The fourth-order valence-electron chi connectivity index (χ4n) is 1.78. The van der Waals surface area contributed by atoms with Crippen LogP contribution in [-0.4, -0.2) is 37.1 Å². The van der Waals surface area contributed by atoms with Gasteiger partial charge in [0.05, 0.1) is 18.8 Å². The SMILES string of the molecule is CC(=O)c1ccc(=O)[nH]c1N1CCOCC1. The Morgan fingerprint density at radius 3 is 2.69 bits per heavy atom. The zero-order valence-electron chi connectivity index (χ0n) is 9.16. The van der Waals surface area contributed by atoms with Crippen molar-refractivity contribution in [2.24, 2.45) is 0 Å². The molecule has 5 nitrogen and oxygen atoms in total. The van der Waals surface area contributed by atoms with Gasteiger partial charge in [-0.1, -0.05) is 0 Å². The first-order chi connectivity index (χ1) is 7.68. The number of H-pyrrole nitrogens is 1. The van der Waals surface area contributed by atoms with Crippen LogP contribution in [0, 0.1) is 0 Å². The Bertz CT molecular complexity index is 447. The first-order valence-electron chi connectivity index (χ1n) is 5.25. The van der Waals surface area contributed by atoms with E-state index in [-0.39, 0.29) is 11.3 Å². The summed E-state index contributed by atoms with van der Waals surface area (Å²) in [6, 6.07) is 2.95. The highest BCUT2D eigenvalue weighted by atomic mass is 16.5. The van der Waals surface area contributed by atoms with Gasteiger partial charge in [0.2, 0.25) is 5.56 Å². The molecule has 0 saturated carbocycles. The number of nitrogens with zero attached hydrogens (tertiary/aromatic N) is 1. The molecule has 1 saturated heterocycles. The third kappa shape index (κ3) is 2.14. The van der Waals surface area contributed by atoms with Crippen LogP contribution < -0.4 is 10.5 Å². The number of carbonyl (C=O) groups is 1. The molecule has 0 amide bonds. The molecule has 16 heavy (non-hydrogen) atoms. The third-order valence-electron chi connectivity index (χ3n) is 2.60. The van der Waals surface area contributed by atoms with E-state index in [0.29, 0.717) is 37.7 Å². The van der Waals surface area contributed by atoms with Gasteiger partial charge in [0.25, 0.3) is 0 Å². The van der Waals surface area contributed by atoms with Gasteiger partial charge in [-0.05, 0) is 13.0 Å². The molecule has 0 bridgehead atoms. The molecule has 1 fully saturated rings. The fraction of sp³-hybridized carbons (Fsp3) is 0.455. The Labute approximate surface area is 93.0 Å². The molecular weight excluding hydrogens is 208 g/mol. The number of carbonyl (C=O) groups excluding carboxylic acids is 1. The van der Waals surface area contributed by atoms with Crippen LogP contribution in [0.5, 0.6) is 0 Å². The maximum atomic E-state index is 11.4. The molecule has 1 aromatic heterocycles.